The van der Waals surface area contributed by atoms with Crippen LogP contribution >= 0.6 is 11.3 Å². The van der Waals surface area contributed by atoms with Crippen LogP contribution in [0.3, 0.4) is 0 Å². The van der Waals surface area contributed by atoms with Crippen LogP contribution in [-0.2, 0) is 6.54 Å². The van der Waals surface area contributed by atoms with Gasteiger partial charge in [0.15, 0.2) is 5.13 Å². The Morgan fingerprint density at radius 2 is 2.04 bits per heavy atom. The summed E-state index contributed by atoms with van der Waals surface area (Å²) in [6, 6.07) is 13.9. The maximum absolute atomic E-state index is 13.3. The van der Waals surface area contributed by atoms with Gasteiger partial charge < -0.3 is 4.57 Å². The molecule has 0 unspecified atom stereocenters. The molecule has 6 heteroatoms. The molecule has 0 bridgehead atoms. The van der Waals surface area contributed by atoms with Gasteiger partial charge in [0, 0.05) is 31.0 Å². The van der Waals surface area contributed by atoms with Crippen molar-refractivity contribution in [3.63, 3.8) is 0 Å². The number of carbonyl (C=O) groups is 1. The number of rotatable bonds is 6. The first-order chi connectivity index (χ1) is 13.6. The predicted octanol–water partition coefficient (Wildman–Crippen LogP) is 4.85. The SMILES string of the molecule is Cc1cccc(C(=O)N(CCCn2ccnc2)c2nc3c(C)cccc3s2)c1. The second-order valence-corrected chi connectivity index (χ2v) is 7.91. The lowest BCUT2D eigenvalue weighted by atomic mass is 10.1. The van der Waals surface area contributed by atoms with E-state index in [1.165, 1.54) is 0 Å². The number of amides is 1. The zero-order valence-corrected chi connectivity index (χ0v) is 16.8. The molecule has 4 rings (SSSR count). The van der Waals surface area contributed by atoms with E-state index >= 15 is 0 Å². The van der Waals surface area contributed by atoms with Crippen LogP contribution in [0.4, 0.5) is 5.13 Å². The number of aryl methyl sites for hydroxylation is 3. The Bertz CT molecular complexity index is 1100. The Morgan fingerprint density at radius 1 is 1.18 bits per heavy atom. The summed E-state index contributed by atoms with van der Waals surface area (Å²) in [7, 11) is 0. The minimum absolute atomic E-state index is 0.00830. The van der Waals surface area contributed by atoms with Crippen LogP contribution in [-0.4, -0.2) is 27.0 Å². The van der Waals surface area contributed by atoms with Crippen LogP contribution in [0.15, 0.2) is 61.2 Å². The fourth-order valence-corrected chi connectivity index (χ4v) is 4.31. The van der Waals surface area contributed by atoms with E-state index in [0.717, 1.165) is 39.4 Å². The number of hydrogen-bond donors (Lipinski definition) is 0. The second-order valence-electron chi connectivity index (χ2n) is 6.90. The number of nitrogens with zero attached hydrogens (tertiary/aromatic N) is 4. The Labute approximate surface area is 168 Å². The zero-order valence-electron chi connectivity index (χ0n) is 16.0. The summed E-state index contributed by atoms with van der Waals surface area (Å²) in [6.45, 7) is 5.46. The van der Waals surface area contributed by atoms with Crippen LogP contribution in [0.5, 0.6) is 0 Å². The van der Waals surface area contributed by atoms with Gasteiger partial charge in [-0.05, 0) is 44.0 Å². The van der Waals surface area contributed by atoms with E-state index in [0.29, 0.717) is 12.1 Å². The number of anilines is 1. The average molecular weight is 391 g/mol. The Kier molecular flexibility index (Phi) is 5.21. The van der Waals surface area contributed by atoms with Crippen molar-refractivity contribution in [2.75, 3.05) is 11.4 Å². The van der Waals surface area contributed by atoms with E-state index in [2.05, 4.69) is 24.0 Å². The van der Waals surface area contributed by atoms with Gasteiger partial charge in [-0.25, -0.2) is 9.97 Å². The minimum Gasteiger partial charge on any atom is -0.337 e. The van der Waals surface area contributed by atoms with Gasteiger partial charge in [-0.2, -0.15) is 0 Å². The van der Waals surface area contributed by atoms with Gasteiger partial charge in [0.2, 0.25) is 0 Å². The molecular weight excluding hydrogens is 368 g/mol. The highest BCUT2D eigenvalue weighted by Gasteiger charge is 2.21. The molecule has 2 aromatic heterocycles. The van der Waals surface area contributed by atoms with Gasteiger partial charge in [-0.15, -0.1) is 0 Å². The molecule has 1 amide bonds. The molecule has 0 atom stereocenters. The monoisotopic (exact) mass is 390 g/mol. The largest absolute Gasteiger partial charge is 0.337 e. The zero-order chi connectivity index (χ0) is 19.5. The molecule has 0 spiro atoms. The summed E-state index contributed by atoms with van der Waals surface area (Å²) in [5.74, 6) is -0.00830. The van der Waals surface area contributed by atoms with Gasteiger partial charge in [0.1, 0.15) is 0 Å². The molecule has 4 aromatic rings. The highest BCUT2D eigenvalue weighted by molar-refractivity contribution is 7.22. The number of fused-ring (bicyclic) bond motifs is 1. The molecule has 0 fully saturated rings. The smallest absolute Gasteiger partial charge is 0.260 e. The van der Waals surface area contributed by atoms with Crippen molar-refractivity contribution in [3.05, 3.63) is 77.9 Å². The molecule has 0 aliphatic carbocycles. The molecule has 142 valence electrons. The van der Waals surface area contributed by atoms with Gasteiger partial charge >= 0.3 is 0 Å². The number of benzene rings is 2. The van der Waals surface area contributed by atoms with Crippen molar-refractivity contribution in [1.29, 1.82) is 0 Å². The molecule has 28 heavy (non-hydrogen) atoms. The molecule has 0 aliphatic rings. The molecule has 0 saturated carbocycles. The van der Waals surface area contributed by atoms with Crippen molar-refractivity contribution < 1.29 is 4.79 Å². The molecule has 5 nitrogen and oxygen atoms in total. The van der Waals surface area contributed by atoms with Crippen molar-refractivity contribution in [1.82, 2.24) is 14.5 Å². The summed E-state index contributed by atoms with van der Waals surface area (Å²) in [4.78, 5) is 24.0. The highest BCUT2D eigenvalue weighted by Crippen LogP contribution is 2.31. The molecule has 0 N–H and O–H groups in total. The first-order valence-corrected chi connectivity index (χ1v) is 10.1. The normalized spacial score (nSPS) is 11.1. The number of carbonyl (C=O) groups excluding carboxylic acids is 1. The van der Waals surface area contributed by atoms with Crippen molar-refractivity contribution in [2.24, 2.45) is 0 Å². The summed E-state index contributed by atoms with van der Waals surface area (Å²) < 4.78 is 3.13. The van der Waals surface area contributed by atoms with Crippen molar-refractivity contribution in [3.8, 4) is 0 Å². The fourth-order valence-electron chi connectivity index (χ4n) is 3.24. The van der Waals surface area contributed by atoms with E-state index < -0.39 is 0 Å². The molecule has 0 radical (unpaired) electrons. The molecule has 0 saturated heterocycles. The minimum atomic E-state index is -0.00830. The van der Waals surface area contributed by atoms with Gasteiger partial charge in [-0.1, -0.05) is 41.2 Å². The van der Waals surface area contributed by atoms with Crippen molar-refractivity contribution >= 4 is 32.6 Å². The number of aromatic nitrogens is 3. The van der Waals surface area contributed by atoms with E-state index in [9.17, 15) is 4.79 Å². The van der Waals surface area contributed by atoms with Gasteiger partial charge in [0.05, 0.1) is 16.5 Å². The third kappa shape index (κ3) is 3.82. The Morgan fingerprint density at radius 3 is 2.79 bits per heavy atom. The van der Waals surface area contributed by atoms with Crippen LogP contribution in [0, 0.1) is 13.8 Å². The second kappa shape index (κ2) is 7.94. The third-order valence-corrected chi connectivity index (χ3v) is 5.75. The summed E-state index contributed by atoms with van der Waals surface area (Å²) in [5, 5.41) is 0.751. The van der Waals surface area contributed by atoms with Crippen LogP contribution < -0.4 is 4.90 Å². The lowest BCUT2D eigenvalue weighted by Gasteiger charge is -2.20. The first-order valence-electron chi connectivity index (χ1n) is 9.32. The molecular formula is C22H22N4OS. The average Bonchev–Trinajstić information content (AvgIpc) is 3.35. The number of thiazole rings is 1. The Balaban J connectivity index is 1.65. The van der Waals surface area contributed by atoms with Gasteiger partial charge in [-0.3, -0.25) is 9.69 Å². The Hall–Kier alpha value is -2.99. The van der Waals surface area contributed by atoms with Crippen LogP contribution in [0.2, 0.25) is 0 Å². The number of para-hydroxylation sites is 1. The van der Waals surface area contributed by atoms with Crippen LogP contribution in [0.1, 0.15) is 27.9 Å². The topological polar surface area (TPSA) is 51.0 Å². The van der Waals surface area contributed by atoms with E-state index in [1.807, 2.05) is 52.9 Å². The quantitative estimate of drug-likeness (QED) is 0.473. The lowest BCUT2D eigenvalue weighted by molar-refractivity contribution is 0.0986. The maximum atomic E-state index is 13.3. The number of hydrogen-bond acceptors (Lipinski definition) is 4. The van der Waals surface area contributed by atoms with E-state index in [1.54, 1.807) is 23.9 Å². The maximum Gasteiger partial charge on any atom is 0.260 e. The fraction of sp³-hybridized carbons (Fsp3) is 0.227. The van der Waals surface area contributed by atoms with E-state index in [-0.39, 0.29) is 5.91 Å². The third-order valence-electron chi connectivity index (χ3n) is 4.71. The summed E-state index contributed by atoms with van der Waals surface area (Å²) in [5.41, 5.74) is 3.86. The molecule has 2 heterocycles. The number of imidazole rings is 1. The molecule has 2 aromatic carbocycles. The standard InChI is InChI=1S/C22H22N4OS/c1-16-6-3-8-18(14-16)21(27)26(12-5-11-25-13-10-23-15-25)22-24-20-17(2)7-4-9-19(20)28-22/h3-4,6-10,13-15H,5,11-12H2,1-2H3. The predicted molar refractivity (Wildman–Crippen MR) is 114 cm³/mol. The summed E-state index contributed by atoms with van der Waals surface area (Å²) in [6.07, 6.45) is 6.33. The highest BCUT2D eigenvalue weighted by atomic mass is 32.1. The first kappa shape index (κ1) is 18.4. The van der Waals surface area contributed by atoms with Gasteiger partial charge in [0.25, 0.3) is 5.91 Å². The van der Waals surface area contributed by atoms with E-state index in [4.69, 9.17) is 4.98 Å². The lowest BCUT2D eigenvalue weighted by Crippen LogP contribution is -2.32. The summed E-state index contributed by atoms with van der Waals surface area (Å²) >= 11 is 1.57. The van der Waals surface area contributed by atoms with Crippen molar-refractivity contribution in [2.45, 2.75) is 26.8 Å². The van der Waals surface area contributed by atoms with Crippen LogP contribution in [0.25, 0.3) is 10.2 Å². The molecule has 0 aliphatic heterocycles.